The molecule has 0 aliphatic heterocycles. The summed E-state index contributed by atoms with van der Waals surface area (Å²) in [5.74, 6) is 0. The largest absolute Gasteiger partial charge is 0.277 e. The molecule has 0 aliphatic carbocycles. The second-order valence-electron chi connectivity index (χ2n) is 3.45. The fourth-order valence-corrected chi connectivity index (χ4v) is 2.95. The van der Waals surface area contributed by atoms with Crippen molar-refractivity contribution in [3.05, 3.63) is 33.4 Å². The van der Waals surface area contributed by atoms with Crippen LogP contribution in [0.4, 0.5) is 5.69 Å². The van der Waals surface area contributed by atoms with Crippen molar-refractivity contribution in [3.8, 4) is 0 Å². The normalized spacial score (nSPS) is 11.5. The molecule has 0 heterocycles. The van der Waals surface area contributed by atoms with E-state index in [1.54, 1.807) is 13.8 Å². The van der Waals surface area contributed by atoms with Gasteiger partial charge >= 0.3 is 0 Å². The molecule has 17 heavy (non-hydrogen) atoms. The van der Waals surface area contributed by atoms with Gasteiger partial charge in [-0.05, 0) is 18.9 Å². The zero-order valence-corrected chi connectivity index (χ0v) is 11.0. The summed E-state index contributed by atoms with van der Waals surface area (Å²) in [6.07, 6.45) is 0.706. The molecule has 0 atom stereocenters. The summed E-state index contributed by atoms with van der Waals surface area (Å²) in [5.41, 5.74) is 0.539. The highest BCUT2D eigenvalue weighted by Crippen LogP contribution is 2.32. The van der Waals surface area contributed by atoms with Gasteiger partial charge in [0.25, 0.3) is 14.7 Å². The van der Waals surface area contributed by atoms with Gasteiger partial charge in [-0.15, -0.1) is 0 Å². The van der Waals surface area contributed by atoms with E-state index in [4.69, 9.17) is 10.7 Å². The average molecular weight is 278 g/mol. The Balaban J connectivity index is 3.70. The molecule has 0 bridgehead atoms. The number of halogens is 1. The first-order valence-corrected chi connectivity index (χ1v) is 7.37. The van der Waals surface area contributed by atoms with Crippen LogP contribution in [0.3, 0.4) is 0 Å². The van der Waals surface area contributed by atoms with E-state index in [0.717, 1.165) is 0 Å². The second kappa shape index (κ2) is 5.01. The molecule has 0 fully saturated rings. The van der Waals surface area contributed by atoms with E-state index < -0.39 is 14.0 Å². The van der Waals surface area contributed by atoms with Gasteiger partial charge in [0.15, 0.2) is 0 Å². The maximum absolute atomic E-state index is 11.3. The molecule has 0 unspecified atom stereocenters. The predicted molar refractivity (Wildman–Crippen MR) is 64.9 cm³/mol. The van der Waals surface area contributed by atoms with Crippen molar-refractivity contribution < 1.29 is 13.3 Å². The highest BCUT2D eigenvalue weighted by Gasteiger charge is 2.26. The molecule has 1 aromatic rings. The molecule has 1 aromatic carbocycles. The Hall–Kier alpha value is -1.14. The lowest BCUT2D eigenvalue weighted by atomic mass is 10.0. The lowest BCUT2D eigenvalue weighted by Crippen LogP contribution is -2.05. The van der Waals surface area contributed by atoms with Gasteiger partial charge in [-0.2, -0.15) is 0 Å². The third kappa shape index (κ3) is 2.76. The fourth-order valence-electron chi connectivity index (χ4n) is 1.75. The number of hydrogen-bond acceptors (Lipinski definition) is 4. The summed E-state index contributed by atoms with van der Waals surface area (Å²) >= 11 is 0. The Bertz CT molecular complexity index is 554. The van der Waals surface area contributed by atoms with Crippen LogP contribution in [0.2, 0.25) is 0 Å². The molecule has 0 amide bonds. The number of aryl methyl sites for hydroxylation is 1. The third-order valence-electron chi connectivity index (χ3n) is 2.50. The molecule has 0 radical (unpaired) electrons. The van der Waals surface area contributed by atoms with Gasteiger partial charge in [-0.3, -0.25) is 10.1 Å². The van der Waals surface area contributed by atoms with Gasteiger partial charge in [0, 0.05) is 21.8 Å². The van der Waals surface area contributed by atoms with Gasteiger partial charge in [0.2, 0.25) is 0 Å². The van der Waals surface area contributed by atoms with E-state index in [1.165, 1.54) is 12.1 Å². The number of benzene rings is 1. The van der Waals surface area contributed by atoms with E-state index in [2.05, 4.69) is 0 Å². The van der Waals surface area contributed by atoms with Gasteiger partial charge in [0.1, 0.15) is 0 Å². The van der Waals surface area contributed by atoms with E-state index >= 15 is 0 Å². The summed E-state index contributed by atoms with van der Waals surface area (Å²) in [7, 11) is 1.31. The van der Waals surface area contributed by atoms with Gasteiger partial charge < -0.3 is 0 Å². The highest BCUT2D eigenvalue weighted by atomic mass is 35.7. The summed E-state index contributed by atoms with van der Waals surface area (Å²) in [6.45, 7) is 3.43. The van der Waals surface area contributed by atoms with Crippen LogP contribution in [0, 0.1) is 10.1 Å². The molecule has 1 rings (SSSR count). The molecular weight excluding hydrogens is 266 g/mol. The van der Waals surface area contributed by atoms with Crippen LogP contribution >= 0.6 is 10.7 Å². The zero-order chi connectivity index (χ0) is 13.2. The van der Waals surface area contributed by atoms with E-state index in [0.29, 0.717) is 12.0 Å². The smallest absolute Gasteiger partial charge is 0.258 e. The maximum atomic E-state index is 11.3. The second-order valence-corrected chi connectivity index (χ2v) is 5.99. The number of nitro groups is 1. The highest BCUT2D eigenvalue weighted by molar-refractivity contribution is 8.13. The minimum Gasteiger partial charge on any atom is -0.258 e. The summed E-state index contributed by atoms with van der Waals surface area (Å²) in [4.78, 5) is 10.3. The SMILES string of the molecule is CCc1ccc(S(=O)(=O)Cl)c(CC)c1[N+](=O)[O-]. The number of hydrogen-bond donors (Lipinski definition) is 0. The molecule has 0 saturated carbocycles. The zero-order valence-electron chi connectivity index (χ0n) is 9.44. The van der Waals surface area contributed by atoms with Crippen molar-refractivity contribution in [1.29, 1.82) is 0 Å². The minimum atomic E-state index is -3.96. The molecular formula is C10H12ClNO4S. The van der Waals surface area contributed by atoms with Gasteiger partial charge in [-0.1, -0.05) is 19.9 Å². The van der Waals surface area contributed by atoms with Crippen LogP contribution in [0.25, 0.3) is 0 Å². The molecule has 5 nitrogen and oxygen atoms in total. The minimum absolute atomic E-state index is 0.142. The van der Waals surface area contributed by atoms with Crippen LogP contribution in [0.1, 0.15) is 25.0 Å². The topological polar surface area (TPSA) is 77.3 Å². The Labute approximate surface area is 104 Å². The Kier molecular flexibility index (Phi) is 4.11. The molecule has 0 saturated heterocycles. The molecule has 0 aliphatic rings. The Morgan fingerprint density at radius 2 is 1.88 bits per heavy atom. The monoisotopic (exact) mass is 277 g/mol. The van der Waals surface area contributed by atoms with Crippen molar-refractivity contribution in [2.45, 2.75) is 31.6 Å². The standard InChI is InChI=1S/C10H12ClNO4S/c1-3-7-5-6-9(17(11,15)16)8(4-2)10(7)12(13)14/h5-6H,3-4H2,1-2H3. The summed E-state index contributed by atoms with van der Waals surface area (Å²) in [6, 6.07) is 2.76. The van der Waals surface area contributed by atoms with Crippen LogP contribution in [0.15, 0.2) is 17.0 Å². The van der Waals surface area contributed by atoms with E-state index in [1.807, 2.05) is 0 Å². The van der Waals surface area contributed by atoms with Crippen molar-refractivity contribution in [1.82, 2.24) is 0 Å². The van der Waals surface area contributed by atoms with E-state index in [9.17, 15) is 18.5 Å². The lowest BCUT2D eigenvalue weighted by molar-refractivity contribution is -0.386. The first-order valence-electron chi connectivity index (χ1n) is 5.06. The van der Waals surface area contributed by atoms with Crippen LogP contribution in [0.5, 0.6) is 0 Å². The quantitative estimate of drug-likeness (QED) is 0.481. The van der Waals surface area contributed by atoms with Crippen LogP contribution < -0.4 is 0 Å². The Morgan fingerprint density at radius 1 is 1.29 bits per heavy atom. The van der Waals surface area contributed by atoms with Gasteiger partial charge in [0.05, 0.1) is 9.82 Å². The van der Waals surface area contributed by atoms with Crippen molar-refractivity contribution in [3.63, 3.8) is 0 Å². The number of nitro benzene ring substituents is 1. The fraction of sp³-hybridized carbons (Fsp3) is 0.400. The molecule has 0 aromatic heterocycles. The van der Waals surface area contributed by atoms with Gasteiger partial charge in [-0.25, -0.2) is 8.42 Å². The molecule has 0 N–H and O–H groups in total. The van der Waals surface area contributed by atoms with Crippen LogP contribution in [-0.4, -0.2) is 13.3 Å². The first-order chi connectivity index (χ1) is 7.82. The molecule has 7 heteroatoms. The predicted octanol–water partition coefficient (Wildman–Crippen LogP) is 2.65. The summed E-state index contributed by atoms with van der Waals surface area (Å²) < 4.78 is 22.7. The van der Waals surface area contributed by atoms with Crippen LogP contribution in [-0.2, 0) is 21.9 Å². The molecule has 94 valence electrons. The maximum Gasteiger partial charge on any atom is 0.277 e. The van der Waals surface area contributed by atoms with Crippen molar-refractivity contribution in [2.24, 2.45) is 0 Å². The third-order valence-corrected chi connectivity index (χ3v) is 3.91. The average Bonchev–Trinajstić information content (AvgIpc) is 2.25. The number of nitrogens with zero attached hydrogens (tertiary/aromatic N) is 1. The lowest BCUT2D eigenvalue weighted by Gasteiger charge is -2.08. The molecule has 0 spiro atoms. The number of rotatable bonds is 4. The summed E-state index contributed by atoms with van der Waals surface area (Å²) in [5, 5.41) is 11.0. The first kappa shape index (κ1) is 13.9. The Morgan fingerprint density at radius 3 is 2.24 bits per heavy atom. The van der Waals surface area contributed by atoms with E-state index in [-0.39, 0.29) is 22.6 Å². The van der Waals surface area contributed by atoms with Crippen molar-refractivity contribution >= 4 is 25.4 Å². The van der Waals surface area contributed by atoms with Crippen molar-refractivity contribution in [2.75, 3.05) is 0 Å².